The van der Waals surface area contributed by atoms with Gasteiger partial charge < -0.3 is 4.74 Å². The Morgan fingerprint density at radius 2 is 1.96 bits per heavy atom. The fourth-order valence-electron chi connectivity index (χ4n) is 3.30. The third kappa shape index (κ3) is 4.87. The Bertz CT molecular complexity index is 602. The SMILES string of the molecule is COc1ccccc1CCCC[C@H](N1NC(=O)CC1(C)C)C(F)(F)F. The molecule has 140 valence electrons. The number of hydrogen-bond donors (Lipinski definition) is 1. The summed E-state index contributed by atoms with van der Waals surface area (Å²) in [6, 6.07) is 5.84. The number of hydrogen-bond acceptors (Lipinski definition) is 3. The number of benzene rings is 1. The van der Waals surface area contributed by atoms with Crippen molar-refractivity contribution in [1.29, 1.82) is 0 Å². The zero-order chi connectivity index (χ0) is 18.7. The molecule has 0 saturated carbocycles. The maximum atomic E-state index is 13.5. The van der Waals surface area contributed by atoms with Gasteiger partial charge in [0.2, 0.25) is 5.91 Å². The fourth-order valence-corrected chi connectivity index (χ4v) is 3.30. The number of methoxy groups -OCH3 is 1. The van der Waals surface area contributed by atoms with Crippen LogP contribution in [0.25, 0.3) is 0 Å². The van der Waals surface area contributed by atoms with E-state index in [0.717, 1.165) is 16.3 Å². The molecular weight excluding hydrogens is 333 g/mol. The van der Waals surface area contributed by atoms with E-state index in [1.807, 2.05) is 24.3 Å². The van der Waals surface area contributed by atoms with Crippen LogP contribution in [-0.4, -0.2) is 35.8 Å². The van der Waals surface area contributed by atoms with E-state index in [2.05, 4.69) is 5.43 Å². The highest BCUT2D eigenvalue weighted by Gasteiger charge is 2.51. The zero-order valence-electron chi connectivity index (χ0n) is 14.8. The third-order valence-corrected chi connectivity index (χ3v) is 4.55. The molecule has 1 amide bonds. The molecule has 1 heterocycles. The molecule has 1 aromatic carbocycles. The number of rotatable bonds is 7. The Hall–Kier alpha value is -1.76. The van der Waals surface area contributed by atoms with Gasteiger partial charge >= 0.3 is 6.18 Å². The average molecular weight is 358 g/mol. The van der Waals surface area contributed by atoms with Crippen molar-refractivity contribution in [2.75, 3.05) is 7.11 Å². The summed E-state index contributed by atoms with van der Waals surface area (Å²) in [6.45, 7) is 3.30. The van der Waals surface area contributed by atoms with Crippen LogP contribution >= 0.6 is 0 Å². The predicted octanol–water partition coefficient (Wildman–Crippen LogP) is 3.85. The van der Waals surface area contributed by atoms with Crippen LogP contribution in [0, 0.1) is 0 Å². The van der Waals surface area contributed by atoms with Gasteiger partial charge in [0.15, 0.2) is 0 Å². The van der Waals surface area contributed by atoms with Gasteiger partial charge in [0.05, 0.1) is 7.11 Å². The minimum absolute atomic E-state index is 0.0532. The van der Waals surface area contributed by atoms with Crippen LogP contribution in [0.15, 0.2) is 24.3 Å². The molecule has 1 saturated heterocycles. The number of para-hydroxylation sites is 1. The summed E-state index contributed by atoms with van der Waals surface area (Å²) in [5.74, 6) is 0.385. The molecule has 2 rings (SSSR count). The molecule has 1 fully saturated rings. The van der Waals surface area contributed by atoms with Gasteiger partial charge in [0.25, 0.3) is 0 Å². The number of carbonyl (C=O) groups excluding carboxylic acids is 1. The van der Waals surface area contributed by atoms with Gasteiger partial charge in [-0.1, -0.05) is 24.6 Å². The topological polar surface area (TPSA) is 41.6 Å². The molecule has 7 heteroatoms. The Kier molecular flexibility index (Phi) is 5.98. The van der Waals surface area contributed by atoms with E-state index >= 15 is 0 Å². The highest BCUT2D eigenvalue weighted by atomic mass is 19.4. The molecule has 0 bridgehead atoms. The summed E-state index contributed by atoms with van der Waals surface area (Å²) >= 11 is 0. The van der Waals surface area contributed by atoms with E-state index in [1.165, 1.54) is 0 Å². The molecular formula is C18H25F3N2O2. The summed E-state index contributed by atoms with van der Waals surface area (Å²) in [6.07, 6.45) is -2.69. The molecule has 4 nitrogen and oxygen atoms in total. The molecule has 1 aromatic rings. The van der Waals surface area contributed by atoms with Gasteiger partial charge in [-0.15, -0.1) is 0 Å². The van der Waals surface area contributed by atoms with Crippen LogP contribution in [0.3, 0.4) is 0 Å². The van der Waals surface area contributed by atoms with E-state index in [1.54, 1.807) is 21.0 Å². The lowest BCUT2D eigenvalue weighted by molar-refractivity contribution is -0.202. The largest absolute Gasteiger partial charge is 0.496 e. The molecule has 1 aliphatic rings. The number of nitrogens with zero attached hydrogens (tertiary/aromatic N) is 1. The maximum Gasteiger partial charge on any atom is 0.405 e. The Morgan fingerprint density at radius 1 is 1.28 bits per heavy atom. The Balaban J connectivity index is 1.96. The molecule has 0 spiro atoms. The number of nitrogens with one attached hydrogen (secondary N) is 1. The first-order valence-electron chi connectivity index (χ1n) is 8.42. The Labute approximate surface area is 146 Å². The molecule has 1 atom stereocenters. The quantitative estimate of drug-likeness (QED) is 0.753. The van der Waals surface area contributed by atoms with Gasteiger partial charge in [-0.2, -0.15) is 13.2 Å². The number of carbonyl (C=O) groups is 1. The van der Waals surface area contributed by atoms with Crippen molar-refractivity contribution >= 4 is 5.91 Å². The minimum Gasteiger partial charge on any atom is -0.496 e. The van der Waals surface area contributed by atoms with Crippen LogP contribution in [0.1, 0.15) is 45.1 Å². The lowest BCUT2D eigenvalue weighted by Gasteiger charge is -2.37. The van der Waals surface area contributed by atoms with Gasteiger partial charge in [-0.25, -0.2) is 5.01 Å². The zero-order valence-corrected chi connectivity index (χ0v) is 14.8. The van der Waals surface area contributed by atoms with Crippen LogP contribution < -0.4 is 10.2 Å². The van der Waals surface area contributed by atoms with Crippen LogP contribution in [-0.2, 0) is 11.2 Å². The first kappa shape index (κ1) is 19.6. The highest BCUT2D eigenvalue weighted by molar-refractivity contribution is 5.78. The second-order valence-electron chi connectivity index (χ2n) is 7.01. The second-order valence-corrected chi connectivity index (χ2v) is 7.01. The summed E-state index contributed by atoms with van der Waals surface area (Å²) in [5.41, 5.74) is 2.52. The van der Waals surface area contributed by atoms with Crippen LogP contribution in [0.5, 0.6) is 5.75 Å². The number of aryl methyl sites for hydroxylation is 1. The van der Waals surface area contributed by atoms with Crippen molar-refractivity contribution in [1.82, 2.24) is 10.4 Å². The number of halogens is 3. The molecule has 1 N–H and O–H groups in total. The van der Waals surface area contributed by atoms with E-state index < -0.39 is 17.8 Å². The van der Waals surface area contributed by atoms with Crippen molar-refractivity contribution in [3.8, 4) is 5.75 Å². The average Bonchev–Trinajstić information content (AvgIpc) is 2.78. The van der Waals surface area contributed by atoms with E-state index in [4.69, 9.17) is 4.74 Å². The second kappa shape index (κ2) is 7.64. The predicted molar refractivity (Wildman–Crippen MR) is 89.1 cm³/mol. The van der Waals surface area contributed by atoms with Crippen molar-refractivity contribution in [3.63, 3.8) is 0 Å². The summed E-state index contributed by atoms with van der Waals surface area (Å²) in [7, 11) is 1.58. The van der Waals surface area contributed by atoms with Crippen molar-refractivity contribution < 1.29 is 22.7 Å². The van der Waals surface area contributed by atoms with E-state index in [0.29, 0.717) is 19.3 Å². The highest BCUT2D eigenvalue weighted by Crippen LogP contribution is 2.35. The molecule has 0 aromatic heterocycles. The fraction of sp³-hybridized carbons (Fsp3) is 0.611. The minimum atomic E-state index is -4.39. The number of amides is 1. The van der Waals surface area contributed by atoms with Crippen LogP contribution in [0.4, 0.5) is 13.2 Å². The molecule has 25 heavy (non-hydrogen) atoms. The summed E-state index contributed by atoms with van der Waals surface area (Å²) < 4.78 is 45.8. The normalized spacial score (nSPS) is 18.9. The lowest BCUT2D eigenvalue weighted by atomic mass is 9.97. The van der Waals surface area contributed by atoms with Gasteiger partial charge in [-0.05, 0) is 44.7 Å². The lowest BCUT2D eigenvalue weighted by Crippen LogP contribution is -2.56. The number of alkyl halides is 3. The summed E-state index contributed by atoms with van der Waals surface area (Å²) in [5, 5.41) is 1.08. The van der Waals surface area contributed by atoms with Crippen molar-refractivity contribution in [3.05, 3.63) is 29.8 Å². The molecule has 0 unspecified atom stereocenters. The van der Waals surface area contributed by atoms with Crippen molar-refractivity contribution in [2.24, 2.45) is 0 Å². The Morgan fingerprint density at radius 3 is 2.52 bits per heavy atom. The van der Waals surface area contributed by atoms with Gasteiger partial charge in [0.1, 0.15) is 11.8 Å². The van der Waals surface area contributed by atoms with Gasteiger partial charge in [0, 0.05) is 12.0 Å². The monoisotopic (exact) mass is 358 g/mol. The number of ether oxygens (including phenoxy) is 1. The van der Waals surface area contributed by atoms with Crippen molar-refractivity contribution in [2.45, 2.75) is 63.7 Å². The van der Waals surface area contributed by atoms with Crippen LogP contribution in [0.2, 0.25) is 0 Å². The standard InChI is InChI=1S/C18H25F3N2O2/c1-17(2)12-16(24)22-23(17)15(18(19,20)21)11-7-5-9-13-8-4-6-10-14(13)25-3/h4,6,8,10,15H,5,7,9,11-12H2,1-3H3,(H,22,24)/t15-/m0/s1. The van der Waals surface area contributed by atoms with E-state index in [9.17, 15) is 18.0 Å². The van der Waals surface area contributed by atoms with Gasteiger partial charge in [-0.3, -0.25) is 10.2 Å². The smallest absolute Gasteiger partial charge is 0.405 e. The maximum absolute atomic E-state index is 13.5. The number of unbranched alkanes of at least 4 members (excludes halogenated alkanes) is 1. The third-order valence-electron chi connectivity index (χ3n) is 4.55. The first-order valence-corrected chi connectivity index (χ1v) is 8.42. The summed E-state index contributed by atoms with van der Waals surface area (Å²) in [4.78, 5) is 11.6. The number of hydrazine groups is 1. The molecule has 0 radical (unpaired) electrons. The molecule has 1 aliphatic heterocycles. The first-order chi connectivity index (χ1) is 11.6. The molecule has 0 aliphatic carbocycles. The van der Waals surface area contributed by atoms with E-state index in [-0.39, 0.29) is 18.7 Å².